The van der Waals surface area contributed by atoms with Gasteiger partial charge in [0.2, 0.25) is 0 Å². The largest absolute Gasteiger partial charge is 0.462 e. The summed E-state index contributed by atoms with van der Waals surface area (Å²) in [5.74, 6) is 5.07. The van der Waals surface area contributed by atoms with Crippen LogP contribution in [-0.4, -0.2) is 12.1 Å². The molecule has 0 aliphatic heterocycles. The van der Waals surface area contributed by atoms with Crippen molar-refractivity contribution in [1.29, 1.82) is 0 Å². The molecule has 0 spiro atoms. The molecule has 8 atom stereocenters. The van der Waals surface area contributed by atoms with E-state index < -0.39 is 0 Å². The van der Waals surface area contributed by atoms with Gasteiger partial charge in [-0.25, -0.2) is 0 Å². The maximum atomic E-state index is 11.8. The Balaban J connectivity index is 1.53. The third kappa shape index (κ3) is 4.24. The number of carbonyl (C=O) groups excluding carboxylic acids is 1. The van der Waals surface area contributed by atoms with E-state index in [0.717, 1.165) is 41.9 Å². The Morgan fingerprint density at radius 3 is 2.39 bits per heavy atom. The minimum Gasteiger partial charge on any atom is -0.462 e. The van der Waals surface area contributed by atoms with Crippen molar-refractivity contribution in [3.05, 3.63) is 11.6 Å². The predicted molar refractivity (Wildman–Crippen MR) is 138 cm³/mol. The average Bonchev–Trinajstić information content (AvgIpc) is 3.07. The summed E-state index contributed by atoms with van der Waals surface area (Å²) in [4.78, 5) is 11.8. The van der Waals surface area contributed by atoms with Gasteiger partial charge in [-0.1, -0.05) is 79.4 Å². The summed E-state index contributed by atoms with van der Waals surface area (Å²) < 4.78 is 5.83. The van der Waals surface area contributed by atoms with Crippen LogP contribution in [0.15, 0.2) is 11.6 Å². The summed E-state index contributed by atoms with van der Waals surface area (Å²) in [5.41, 5.74) is 2.39. The molecule has 188 valence electrons. The number of carbonyl (C=O) groups is 1. The van der Waals surface area contributed by atoms with Crippen LogP contribution in [0.1, 0.15) is 120 Å². The van der Waals surface area contributed by atoms with Crippen LogP contribution in [0, 0.1) is 51.8 Å². The van der Waals surface area contributed by atoms with E-state index in [2.05, 4.69) is 54.5 Å². The van der Waals surface area contributed by atoms with Crippen molar-refractivity contribution in [2.75, 3.05) is 0 Å². The molecule has 0 amide bonds. The molecule has 0 unspecified atom stereocenters. The Morgan fingerprint density at radius 2 is 1.73 bits per heavy atom. The molecule has 2 nitrogen and oxygen atoms in total. The smallest absolute Gasteiger partial charge is 0.302 e. The van der Waals surface area contributed by atoms with Crippen molar-refractivity contribution in [2.45, 2.75) is 126 Å². The van der Waals surface area contributed by atoms with E-state index in [4.69, 9.17) is 4.74 Å². The van der Waals surface area contributed by atoms with Crippen molar-refractivity contribution in [2.24, 2.45) is 51.8 Å². The lowest BCUT2D eigenvalue weighted by atomic mass is 9.44. The van der Waals surface area contributed by atoms with Crippen LogP contribution < -0.4 is 0 Å². The number of allylic oxidation sites excluding steroid dienone is 1. The monoisotopic (exact) mass is 456 g/mol. The van der Waals surface area contributed by atoms with Crippen LogP contribution in [0.25, 0.3) is 0 Å². The molecule has 0 N–H and O–H groups in total. The van der Waals surface area contributed by atoms with Gasteiger partial charge in [0.1, 0.15) is 6.10 Å². The normalized spacial score (nSPS) is 42.7. The molecule has 3 fully saturated rings. The molecule has 33 heavy (non-hydrogen) atoms. The molecule has 4 aliphatic carbocycles. The lowest BCUT2D eigenvalue weighted by Gasteiger charge is -2.61. The second kappa shape index (κ2) is 9.02. The third-order valence-electron chi connectivity index (χ3n) is 11.4. The van der Waals surface area contributed by atoms with Crippen molar-refractivity contribution in [3.63, 3.8) is 0 Å². The molecule has 0 aromatic heterocycles. The minimum atomic E-state index is -0.126. The highest BCUT2D eigenvalue weighted by Crippen LogP contribution is 2.69. The average molecular weight is 457 g/mol. The van der Waals surface area contributed by atoms with E-state index in [-0.39, 0.29) is 22.9 Å². The number of ether oxygens (including phenoxy) is 1. The first-order chi connectivity index (χ1) is 15.4. The number of fused-ring (bicyclic) bond motifs is 5. The SMILES string of the molecule is CC(=O)O[C@@H]1CC[C@@]2(C)C(=CC[C@H]3[C@@H]4CC[C@H]([C@@H](C)CCCC(C)C)[C@@]4(C)CC[C@@H]32)C1(C)C. The standard InChI is InChI=1S/C31H52O2/c1-20(2)10-9-11-21(3)24-13-14-25-23-12-15-27-29(5,6)28(33-22(4)32)17-19-31(27,8)26(23)16-18-30(24,25)7/h15,20-21,23-26,28H,9-14,16-19H2,1-8H3/t21-,23-,24+,25-,26-,28+,30+,31+/m0/s1. The fraction of sp³-hybridized carbons (Fsp3) is 0.903. The van der Waals surface area contributed by atoms with Crippen molar-refractivity contribution >= 4 is 5.97 Å². The third-order valence-corrected chi connectivity index (χ3v) is 11.4. The van der Waals surface area contributed by atoms with Crippen molar-refractivity contribution in [1.82, 2.24) is 0 Å². The highest BCUT2D eigenvalue weighted by atomic mass is 16.5. The zero-order valence-corrected chi connectivity index (χ0v) is 23.0. The minimum absolute atomic E-state index is 0.0299. The van der Waals surface area contributed by atoms with Crippen molar-refractivity contribution < 1.29 is 9.53 Å². The van der Waals surface area contributed by atoms with Gasteiger partial charge in [-0.3, -0.25) is 4.79 Å². The fourth-order valence-corrected chi connectivity index (χ4v) is 9.81. The summed E-state index contributed by atoms with van der Waals surface area (Å²) in [5, 5.41) is 0. The molecule has 0 bridgehead atoms. The number of esters is 1. The predicted octanol–water partition coefficient (Wildman–Crippen LogP) is 8.60. The lowest BCUT2D eigenvalue weighted by Crippen LogP contribution is -2.55. The second-order valence-corrected chi connectivity index (χ2v) is 14.0. The molecule has 2 heteroatoms. The van der Waals surface area contributed by atoms with Gasteiger partial charge in [0.25, 0.3) is 0 Å². The van der Waals surface area contributed by atoms with Crippen LogP contribution >= 0.6 is 0 Å². The van der Waals surface area contributed by atoms with Gasteiger partial charge in [-0.15, -0.1) is 0 Å². The van der Waals surface area contributed by atoms with E-state index in [1.165, 1.54) is 57.8 Å². The summed E-state index contributed by atoms with van der Waals surface area (Å²) >= 11 is 0. The highest BCUT2D eigenvalue weighted by Gasteiger charge is 2.61. The van der Waals surface area contributed by atoms with E-state index in [1.54, 1.807) is 12.5 Å². The Kier molecular flexibility index (Phi) is 6.91. The van der Waals surface area contributed by atoms with Gasteiger partial charge >= 0.3 is 5.97 Å². The van der Waals surface area contributed by atoms with Crippen LogP contribution in [-0.2, 0) is 9.53 Å². The van der Waals surface area contributed by atoms with Gasteiger partial charge in [0.05, 0.1) is 0 Å². The van der Waals surface area contributed by atoms with Crippen LogP contribution in [0.3, 0.4) is 0 Å². The Morgan fingerprint density at radius 1 is 1.00 bits per heavy atom. The molecule has 0 radical (unpaired) electrons. The Bertz CT molecular complexity index is 763. The first-order valence-corrected chi connectivity index (χ1v) is 14.3. The van der Waals surface area contributed by atoms with Crippen molar-refractivity contribution in [3.8, 4) is 0 Å². The van der Waals surface area contributed by atoms with Gasteiger partial charge in [0.15, 0.2) is 0 Å². The Labute approximate surface area is 204 Å². The second-order valence-electron chi connectivity index (χ2n) is 14.0. The van der Waals surface area contributed by atoms with Crippen LogP contribution in [0.2, 0.25) is 0 Å². The highest BCUT2D eigenvalue weighted by molar-refractivity contribution is 5.66. The summed E-state index contributed by atoms with van der Waals surface area (Å²) in [6, 6.07) is 0. The zero-order chi connectivity index (χ0) is 24.2. The van der Waals surface area contributed by atoms with E-state index in [9.17, 15) is 4.79 Å². The van der Waals surface area contributed by atoms with E-state index >= 15 is 0 Å². The van der Waals surface area contributed by atoms with Gasteiger partial charge in [0, 0.05) is 12.3 Å². The van der Waals surface area contributed by atoms with E-state index in [0.29, 0.717) is 5.41 Å². The van der Waals surface area contributed by atoms with Gasteiger partial charge in [-0.2, -0.15) is 0 Å². The molecule has 0 heterocycles. The Hall–Kier alpha value is -0.790. The molecule has 0 aromatic carbocycles. The number of hydrogen-bond acceptors (Lipinski definition) is 2. The number of hydrogen-bond donors (Lipinski definition) is 0. The summed E-state index contributed by atoms with van der Waals surface area (Å²) in [6.45, 7) is 18.8. The van der Waals surface area contributed by atoms with Gasteiger partial charge < -0.3 is 4.74 Å². The topological polar surface area (TPSA) is 26.3 Å². The van der Waals surface area contributed by atoms with Gasteiger partial charge in [-0.05, 0) is 91.3 Å². The summed E-state index contributed by atoms with van der Waals surface area (Å²) in [6.07, 6.45) is 16.1. The molecule has 0 saturated heterocycles. The lowest BCUT2D eigenvalue weighted by molar-refractivity contribution is -0.157. The molecule has 0 aromatic rings. The maximum absolute atomic E-state index is 11.8. The van der Waals surface area contributed by atoms with E-state index in [1.807, 2.05) is 0 Å². The quantitative estimate of drug-likeness (QED) is 0.295. The molecule has 4 aliphatic rings. The molecular formula is C31H52O2. The maximum Gasteiger partial charge on any atom is 0.302 e. The van der Waals surface area contributed by atoms with Crippen LogP contribution in [0.4, 0.5) is 0 Å². The zero-order valence-electron chi connectivity index (χ0n) is 23.0. The number of rotatable bonds is 6. The summed E-state index contributed by atoms with van der Waals surface area (Å²) in [7, 11) is 0. The molecule has 4 rings (SSSR count). The first kappa shape index (κ1) is 25.3. The molecule has 3 saturated carbocycles. The fourth-order valence-electron chi connectivity index (χ4n) is 9.81. The first-order valence-electron chi connectivity index (χ1n) is 14.3. The van der Waals surface area contributed by atoms with Crippen LogP contribution in [0.5, 0.6) is 0 Å². The molecular weight excluding hydrogens is 404 g/mol.